The van der Waals surface area contributed by atoms with Crippen molar-refractivity contribution in [1.82, 2.24) is 9.97 Å². The van der Waals surface area contributed by atoms with Crippen LogP contribution in [0.1, 0.15) is 26.5 Å². The molecule has 1 rings (SSSR count). The number of esters is 1. The van der Waals surface area contributed by atoms with E-state index in [9.17, 15) is 4.79 Å². The SMILES string of the molecule is CC(C)OC(=O)C(C)N(C)c1cnc(C#N)cn1. The highest BCUT2D eigenvalue weighted by Crippen LogP contribution is 2.11. The summed E-state index contributed by atoms with van der Waals surface area (Å²) in [6, 6.07) is 1.42. The highest BCUT2D eigenvalue weighted by molar-refractivity contribution is 5.79. The largest absolute Gasteiger partial charge is 0.461 e. The smallest absolute Gasteiger partial charge is 0.328 e. The fraction of sp³-hybridized carbons (Fsp3) is 0.500. The maximum absolute atomic E-state index is 11.7. The lowest BCUT2D eigenvalue weighted by Crippen LogP contribution is -2.38. The lowest BCUT2D eigenvalue weighted by atomic mass is 10.3. The molecule has 0 amide bonds. The third-order valence-corrected chi connectivity index (χ3v) is 2.39. The van der Waals surface area contributed by atoms with Gasteiger partial charge in [-0.3, -0.25) is 0 Å². The van der Waals surface area contributed by atoms with Crippen LogP contribution in [-0.2, 0) is 9.53 Å². The van der Waals surface area contributed by atoms with Crippen molar-refractivity contribution in [3.8, 4) is 6.07 Å². The predicted molar refractivity (Wildman–Crippen MR) is 65.8 cm³/mol. The number of hydrogen-bond acceptors (Lipinski definition) is 6. The van der Waals surface area contributed by atoms with E-state index in [1.54, 1.807) is 32.7 Å². The maximum Gasteiger partial charge on any atom is 0.328 e. The third-order valence-electron chi connectivity index (χ3n) is 2.39. The average molecular weight is 248 g/mol. The Morgan fingerprint density at radius 2 is 2.06 bits per heavy atom. The van der Waals surface area contributed by atoms with Crippen LogP contribution in [0.2, 0.25) is 0 Å². The van der Waals surface area contributed by atoms with Crippen LogP contribution >= 0.6 is 0 Å². The summed E-state index contributed by atoms with van der Waals surface area (Å²) in [7, 11) is 1.72. The Balaban J connectivity index is 2.76. The first-order chi connectivity index (χ1) is 8.45. The van der Waals surface area contributed by atoms with Crippen molar-refractivity contribution >= 4 is 11.8 Å². The quantitative estimate of drug-likeness (QED) is 0.743. The van der Waals surface area contributed by atoms with Crippen molar-refractivity contribution in [2.45, 2.75) is 32.9 Å². The molecular weight excluding hydrogens is 232 g/mol. The van der Waals surface area contributed by atoms with Gasteiger partial charge in [-0.05, 0) is 20.8 Å². The van der Waals surface area contributed by atoms with Gasteiger partial charge in [0.05, 0.1) is 18.5 Å². The molecule has 1 unspecified atom stereocenters. The number of hydrogen-bond donors (Lipinski definition) is 0. The second-order valence-corrected chi connectivity index (χ2v) is 4.14. The minimum atomic E-state index is -0.463. The fourth-order valence-electron chi connectivity index (χ4n) is 1.25. The molecule has 0 fully saturated rings. The maximum atomic E-state index is 11.7. The predicted octanol–water partition coefficient (Wildman–Crippen LogP) is 1.12. The molecule has 6 heteroatoms. The van der Waals surface area contributed by atoms with Crippen LogP contribution in [0.4, 0.5) is 5.82 Å². The summed E-state index contributed by atoms with van der Waals surface area (Å²) in [6.07, 6.45) is 2.67. The molecule has 0 saturated heterocycles. The number of likely N-dealkylation sites (N-methyl/N-ethyl adjacent to an activating group) is 1. The summed E-state index contributed by atoms with van der Waals surface area (Å²) in [5, 5.41) is 8.62. The molecule has 0 radical (unpaired) electrons. The summed E-state index contributed by atoms with van der Waals surface area (Å²) in [5.41, 5.74) is 0.240. The van der Waals surface area contributed by atoms with Crippen molar-refractivity contribution in [3.05, 3.63) is 18.1 Å². The Hall–Kier alpha value is -2.16. The van der Waals surface area contributed by atoms with Gasteiger partial charge in [-0.1, -0.05) is 0 Å². The Labute approximate surface area is 106 Å². The summed E-state index contributed by atoms with van der Waals surface area (Å²) >= 11 is 0. The number of nitrogens with zero attached hydrogens (tertiary/aromatic N) is 4. The molecule has 0 aromatic carbocycles. The van der Waals surface area contributed by atoms with E-state index in [0.717, 1.165) is 0 Å². The molecular formula is C12H16N4O2. The lowest BCUT2D eigenvalue weighted by Gasteiger charge is -2.24. The first-order valence-corrected chi connectivity index (χ1v) is 5.61. The van der Waals surface area contributed by atoms with E-state index in [-0.39, 0.29) is 17.8 Å². The zero-order valence-electron chi connectivity index (χ0n) is 10.9. The molecule has 6 nitrogen and oxygen atoms in total. The van der Waals surface area contributed by atoms with Crippen LogP contribution in [-0.4, -0.2) is 35.1 Å². The highest BCUT2D eigenvalue weighted by atomic mass is 16.5. The fourth-order valence-corrected chi connectivity index (χ4v) is 1.25. The molecule has 0 saturated carbocycles. The van der Waals surface area contributed by atoms with Gasteiger partial charge in [-0.15, -0.1) is 0 Å². The first-order valence-electron chi connectivity index (χ1n) is 5.61. The Morgan fingerprint density at radius 1 is 1.39 bits per heavy atom. The number of carbonyl (C=O) groups excluding carboxylic acids is 1. The zero-order valence-corrected chi connectivity index (χ0v) is 10.9. The molecule has 0 aliphatic rings. The lowest BCUT2D eigenvalue weighted by molar-refractivity contribution is -0.148. The summed E-state index contributed by atoms with van der Waals surface area (Å²) in [5.74, 6) is 0.195. The van der Waals surface area contributed by atoms with Gasteiger partial charge >= 0.3 is 5.97 Å². The number of aromatic nitrogens is 2. The molecule has 0 aliphatic heterocycles. The van der Waals surface area contributed by atoms with Gasteiger partial charge in [0.25, 0.3) is 0 Å². The third kappa shape index (κ3) is 3.42. The van der Waals surface area contributed by atoms with Crippen LogP contribution in [0.15, 0.2) is 12.4 Å². The normalized spacial score (nSPS) is 11.8. The molecule has 1 aromatic rings. The van der Waals surface area contributed by atoms with Gasteiger partial charge in [0.1, 0.15) is 17.9 Å². The van der Waals surface area contributed by atoms with Crippen LogP contribution < -0.4 is 4.90 Å². The number of carbonyl (C=O) groups is 1. The first kappa shape index (κ1) is 13.9. The second kappa shape index (κ2) is 5.96. The summed E-state index contributed by atoms with van der Waals surface area (Å²) in [6.45, 7) is 5.32. The van der Waals surface area contributed by atoms with E-state index in [1.807, 2.05) is 6.07 Å². The second-order valence-electron chi connectivity index (χ2n) is 4.14. The van der Waals surface area contributed by atoms with Crippen molar-refractivity contribution in [2.75, 3.05) is 11.9 Å². The van der Waals surface area contributed by atoms with Crippen LogP contribution in [0.5, 0.6) is 0 Å². The molecule has 1 atom stereocenters. The van der Waals surface area contributed by atoms with Gasteiger partial charge in [0, 0.05) is 7.05 Å². The van der Waals surface area contributed by atoms with Gasteiger partial charge in [0.15, 0.2) is 5.69 Å². The van der Waals surface area contributed by atoms with Gasteiger partial charge in [-0.25, -0.2) is 14.8 Å². The van der Waals surface area contributed by atoms with Crippen molar-refractivity contribution in [1.29, 1.82) is 5.26 Å². The van der Waals surface area contributed by atoms with Crippen molar-refractivity contribution < 1.29 is 9.53 Å². The summed E-state index contributed by atoms with van der Waals surface area (Å²) in [4.78, 5) is 21.3. The monoisotopic (exact) mass is 248 g/mol. The average Bonchev–Trinajstić information content (AvgIpc) is 2.36. The molecule has 1 heterocycles. The molecule has 0 N–H and O–H groups in total. The topological polar surface area (TPSA) is 79.1 Å². The van der Waals surface area contributed by atoms with Crippen LogP contribution in [0, 0.1) is 11.3 Å². The zero-order chi connectivity index (χ0) is 13.7. The van der Waals surface area contributed by atoms with Gasteiger partial charge in [-0.2, -0.15) is 5.26 Å². The summed E-state index contributed by atoms with van der Waals surface area (Å²) < 4.78 is 5.12. The molecule has 0 bridgehead atoms. The number of ether oxygens (including phenoxy) is 1. The Morgan fingerprint density at radius 3 is 2.50 bits per heavy atom. The standard InChI is InChI=1S/C12H16N4O2/c1-8(2)18-12(17)9(3)16(4)11-7-14-10(5-13)6-15-11/h6-9H,1-4H3. The minimum Gasteiger partial charge on any atom is -0.461 e. The van der Waals surface area contributed by atoms with Crippen molar-refractivity contribution in [3.63, 3.8) is 0 Å². The number of rotatable bonds is 4. The Bertz CT molecular complexity index is 450. The van der Waals surface area contributed by atoms with Crippen LogP contribution in [0.25, 0.3) is 0 Å². The highest BCUT2D eigenvalue weighted by Gasteiger charge is 2.21. The molecule has 0 spiro atoms. The van der Waals surface area contributed by atoms with E-state index in [4.69, 9.17) is 10.00 Å². The van der Waals surface area contributed by atoms with Crippen molar-refractivity contribution in [2.24, 2.45) is 0 Å². The van der Waals surface area contributed by atoms with E-state index < -0.39 is 6.04 Å². The molecule has 0 aliphatic carbocycles. The molecule has 1 aromatic heterocycles. The molecule has 18 heavy (non-hydrogen) atoms. The number of nitriles is 1. The minimum absolute atomic E-state index is 0.152. The van der Waals surface area contributed by atoms with Gasteiger partial charge in [0.2, 0.25) is 0 Å². The van der Waals surface area contributed by atoms with E-state index >= 15 is 0 Å². The molecule has 96 valence electrons. The van der Waals surface area contributed by atoms with E-state index in [0.29, 0.717) is 5.82 Å². The van der Waals surface area contributed by atoms with E-state index in [1.165, 1.54) is 12.4 Å². The Kier molecular flexibility index (Phi) is 4.60. The van der Waals surface area contributed by atoms with Gasteiger partial charge < -0.3 is 9.64 Å². The van der Waals surface area contributed by atoms with E-state index in [2.05, 4.69) is 9.97 Å². The van der Waals surface area contributed by atoms with Crippen LogP contribution in [0.3, 0.4) is 0 Å². The number of anilines is 1.